The number of ether oxygens (including phenoxy) is 1. The highest BCUT2D eigenvalue weighted by molar-refractivity contribution is 7.89. The van der Waals surface area contributed by atoms with Gasteiger partial charge < -0.3 is 9.84 Å². The van der Waals surface area contributed by atoms with E-state index in [0.717, 1.165) is 5.39 Å². The van der Waals surface area contributed by atoms with Crippen LogP contribution in [-0.4, -0.2) is 32.8 Å². The SMILES string of the molecule is CCOc1ccc(S(=O)(=O)N[C@@H](CC)CO)c2ccccc12. The van der Waals surface area contributed by atoms with E-state index >= 15 is 0 Å². The standard InChI is InChI=1S/C16H21NO4S/c1-3-12(11-18)17-22(19,20)16-10-9-15(21-4-2)13-7-5-6-8-14(13)16/h5-10,12,17-18H,3-4,11H2,1-2H3/t12-/m0/s1. The van der Waals surface area contributed by atoms with Crippen molar-refractivity contribution >= 4 is 20.8 Å². The Morgan fingerprint density at radius 1 is 1.14 bits per heavy atom. The smallest absolute Gasteiger partial charge is 0.241 e. The van der Waals surface area contributed by atoms with Gasteiger partial charge in [0.15, 0.2) is 0 Å². The normalized spacial score (nSPS) is 13.2. The first-order valence-corrected chi connectivity index (χ1v) is 8.79. The summed E-state index contributed by atoms with van der Waals surface area (Å²) in [5.41, 5.74) is 0. The van der Waals surface area contributed by atoms with Crippen molar-refractivity contribution in [3.63, 3.8) is 0 Å². The maximum Gasteiger partial charge on any atom is 0.241 e. The van der Waals surface area contributed by atoms with Crippen LogP contribution in [0, 0.1) is 0 Å². The second-order valence-electron chi connectivity index (χ2n) is 4.95. The number of rotatable bonds is 7. The highest BCUT2D eigenvalue weighted by atomic mass is 32.2. The van der Waals surface area contributed by atoms with Crippen LogP contribution in [0.4, 0.5) is 0 Å². The molecule has 2 rings (SSSR count). The Hall–Kier alpha value is -1.63. The van der Waals surface area contributed by atoms with Gasteiger partial charge in [0, 0.05) is 16.8 Å². The van der Waals surface area contributed by atoms with E-state index in [-0.39, 0.29) is 11.5 Å². The van der Waals surface area contributed by atoms with Crippen LogP contribution in [-0.2, 0) is 10.0 Å². The molecule has 0 spiro atoms. The Balaban J connectivity index is 2.54. The van der Waals surface area contributed by atoms with Crippen LogP contribution in [0.5, 0.6) is 5.75 Å². The van der Waals surface area contributed by atoms with Gasteiger partial charge >= 0.3 is 0 Å². The molecule has 0 bridgehead atoms. The molecule has 1 atom stereocenters. The molecule has 2 aromatic rings. The molecular formula is C16H21NO4S. The lowest BCUT2D eigenvalue weighted by Crippen LogP contribution is -2.36. The van der Waals surface area contributed by atoms with Gasteiger partial charge in [-0.2, -0.15) is 0 Å². The van der Waals surface area contributed by atoms with E-state index in [0.29, 0.717) is 24.2 Å². The van der Waals surface area contributed by atoms with E-state index in [1.807, 2.05) is 26.0 Å². The summed E-state index contributed by atoms with van der Waals surface area (Å²) < 4.78 is 33.2. The van der Waals surface area contributed by atoms with E-state index in [1.54, 1.807) is 24.3 Å². The van der Waals surface area contributed by atoms with Crippen LogP contribution in [0.3, 0.4) is 0 Å². The van der Waals surface area contributed by atoms with Crippen molar-refractivity contribution in [2.45, 2.75) is 31.2 Å². The predicted octanol–water partition coefficient (Wildman–Crippen LogP) is 2.29. The summed E-state index contributed by atoms with van der Waals surface area (Å²) in [5.74, 6) is 0.659. The Morgan fingerprint density at radius 3 is 2.41 bits per heavy atom. The highest BCUT2D eigenvalue weighted by Crippen LogP contribution is 2.31. The highest BCUT2D eigenvalue weighted by Gasteiger charge is 2.21. The zero-order valence-corrected chi connectivity index (χ0v) is 13.6. The van der Waals surface area contributed by atoms with Gasteiger partial charge in [-0.1, -0.05) is 31.2 Å². The molecule has 0 aliphatic carbocycles. The fourth-order valence-electron chi connectivity index (χ4n) is 2.29. The van der Waals surface area contributed by atoms with Crippen molar-refractivity contribution in [3.05, 3.63) is 36.4 Å². The molecule has 5 nitrogen and oxygen atoms in total. The number of hydrogen-bond donors (Lipinski definition) is 2. The van der Waals surface area contributed by atoms with Crippen molar-refractivity contribution in [2.24, 2.45) is 0 Å². The maximum atomic E-state index is 12.6. The Kier molecular flexibility index (Phi) is 5.39. The van der Waals surface area contributed by atoms with Crippen LogP contribution < -0.4 is 9.46 Å². The summed E-state index contributed by atoms with van der Waals surface area (Å²) in [6.45, 7) is 3.98. The van der Waals surface area contributed by atoms with Crippen molar-refractivity contribution in [3.8, 4) is 5.75 Å². The second kappa shape index (κ2) is 7.09. The van der Waals surface area contributed by atoms with Gasteiger partial charge in [0.1, 0.15) is 5.75 Å². The quantitative estimate of drug-likeness (QED) is 0.820. The summed E-state index contributed by atoms with van der Waals surface area (Å²) >= 11 is 0. The molecule has 6 heteroatoms. The first-order valence-electron chi connectivity index (χ1n) is 7.31. The third-order valence-electron chi connectivity index (χ3n) is 3.47. The zero-order chi connectivity index (χ0) is 16.2. The van der Waals surface area contributed by atoms with Crippen LogP contribution in [0.2, 0.25) is 0 Å². The lowest BCUT2D eigenvalue weighted by atomic mass is 10.1. The molecule has 0 aromatic heterocycles. The average molecular weight is 323 g/mol. The molecule has 0 radical (unpaired) electrons. The molecule has 0 aliphatic rings. The van der Waals surface area contributed by atoms with Gasteiger partial charge in [-0.15, -0.1) is 0 Å². The number of sulfonamides is 1. The van der Waals surface area contributed by atoms with Crippen LogP contribution in [0.25, 0.3) is 10.8 Å². The van der Waals surface area contributed by atoms with Gasteiger partial charge in [-0.25, -0.2) is 13.1 Å². The van der Waals surface area contributed by atoms with Crippen molar-refractivity contribution in [1.29, 1.82) is 0 Å². The summed E-state index contributed by atoms with van der Waals surface area (Å²) in [5, 5.41) is 10.6. The molecule has 0 saturated heterocycles. The topological polar surface area (TPSA) is 75.6 Å². The molecule has 0 unspecified atom stereocenters. The molecule has 120 valence electrons. The number of aliphatic hydroxyl groups is 1. The van der Waals surface area contributed by atoms with Crippen molar-refractivity contribution in [1.82, 2.24) is 4.72 Å². The van der Waals surface area contributed by atoms with Crippen LogP contribution in [0.15, 0.2) is 41.3 Å². The molecule has 2 N–H and O–H groups in total. The first-order chi connectivity index (χ1) is 10.5. The molecule has 22 heavy (non-hydrogen) atoms. The molecule has 0 heterocycles. The van der Waals surface area contributed by atoms with E-state index < -0.39 is 16.1 Å². The molecule has 2 aromatic carbocycles. The summed E-state index contributed by atoms with van der Waals surface area (Å²) in [7, 11) is -3.71. The third-order valence-corrected chi connectivity index (χ3v) is 5.05. The van der Waals surface area contributed by atoms with Crippen molar-refractivity contribution < 1.29 is 18.3 Å². The summed E-state index contributed by atoms with van der Waals surface area (Å²) in [4.78, 5) is 0.193. The molecule has 0 aliphatic heterocycles. The Morgan fingerprint density at radius 2 is 1.82 bits per heavy atom. The largest absolute Gasteiger partial charge is 0.493 e. The van der Waals surface area contributed by atoms with Gasteiger partial charge in [0.25, 0.3) is 0 Å². The van der Waals surface area contributed by atoms with Crippen molar-refractivity contribution in [2.75, 3.05) is 13.2 Å². The van der Waals surface area contributed by atoms with Gasteiger partial charge in [-0.3, -0.25) is 0 Å². The fraction of sp³-hybridized carbons (Fsp3) is 0.375. The Labute approximate surface area is 131 Å². The minimum absolute atomic E-state index is 0.193. The molecule has 0 saturated carbocycles. The fourth-order valence-corrected chi connectivity index (χ4v) is 3.81. The predicted molar refractivity (Wildman–Crippen MR) is 86.6 cm³/mol. The maximum absolute atomic E-state index is 12.6. The lowest BCUT2D eigenvalue weighted by molar-refractivity contribution is 0.254. The average Bonchev–Trinajstić information content (AvgIpc) is 2.53. The summed E-state index contributed by atoms with van der Waals surface area (Å²) in [6, 6.07) is 9.95. The van der Waals surface area contributed by atoms with Crippen LogP contribution >= 0.6 is 0 Å². The zero-order valence-electron chi connectivity index (χ0n) is 12.7. The van der Waals surface area contributed by atoms with Gasteiger partial charge in [0.2, 0.25) is 10.0 Å². The van der Waals surface area contributed by atoms with Gasteiger partial charge in [0.05, 0.1) is 18.1 Å². The second-order valence-corrected chi connectivity index (χ2v) is 6.63. The number of hydrogen-bond acceptors (Lipinski definition) is 4. The molecule has 0 amide bonds. The van der Waals surface area contributed by atoms with Crippen LogP contribution in [0.1, 0.15) is 20.3 Å². The number of nitrogens with one attached hydrogen (secondary N) is 1. The van der Waals surface area contributed by atoms with E-state index in [9.17, 15) is 13.5 Å². The lowest BCUT2D eigenvalue weighted by Gasteiger charge is -2.16. The van der Waals surface area contributed by atoms with E-state index in [4.69, 9.17) is 4.74 Å². The van der Waals surface area contributed by atoms with E-state index in [1.165, 1.54) is 0 Å². The number of benzene rings is 2. The van der Waals surface area contributed by atoms with Gasteiger partial charge in [-0.05, 0) is 25.5 Å². The third kappa shape index (κ3) is 3.40. The molecule has 0 fully saturated rings. The first kappa shape index (κ1) is 16.7. The van der Waals surface area contributed by atoms with E-state index in [2.05, 4.69) is 4.72 Å². The molecular weight excluding hydrogens is 302 g/mol. The minimum Gasteiger partial charge on any atom is -0.493 e. The summed E-state index contributed by atoms with van der Waals surface area (Å²) in [6.07, 6.45) is 0.519. The Bertz CT molecular complexity index is 739. The minimum atomic E-state index is -3.71. The number of aliphatic hydroxyl groups excluding tert-OH is 1. The number of fused-ring (bicyclic) bond motifs is 1. The monoisotopic (exact) mass is 323 g/mol.